The van der Waals surface area contributed by atoms with Gasteiger partial charge in [-0.2, -0.15) is 0 Å². The van der Waals surface area contributed by atoms with E-state index in [2.05, 4.69) is 5.92 Å². The molecule has 74 valence electrons. The van der Waals surface area contributed by atoms with E-state index in [1.54, 1.807) is 18.2 Å². The fraction of sp³-hybridized carbons (Fsp3) is 0.200. The van der Waals surface area contributed by atoms with Crippen LogP contribution in [0.25, 0.3) is 0 Å². The van der Waals surface area contributed by atoms with E-state index >= 15 is 0 Å². The lowest BCUT2D eigenvalue weighted by Crippen LogP contribution is -2.02. The van der Waals surface area contributed by atoms with E-state index < -0.39 is 9.84 Å². The van der Waals surface area contributed by atoms with Crippen LogP contribution < -0.4 is 4.74 Å². The van der Waals surface area contributed by atoms with Gasteiger partial charge in [0.1, 0.15) is 17.3 Å². The molecule has 1 aromatic rings. The quantitative estimate of drug-likeness (QED) is 0.702. The number of benzene rings is 1. The van der Waals surface area contributed by atoms with Crippen LogP contribution in [0, 0.1) is 12.3 Å². The Morgan fingerprint density at radius 3 is 2.64 bits per heavy atom. The van der Waals surface area contributed by atoms with Gasteiger partial charge < -0.3 is 4.74 Å². The minimum absolute atomic E-state index is 0.0620. The fourth-order valence-corrected chi connectivity index (χ4v) is 1.81. The Balaban J connectivity index is 3.12. The van der Waals surface area contributed by atoms with Crippen molar-refractivity contribution in [2.75, 3.05) is 12.9 Å². The number of hydrogen-bond acceptors (Lipinski definition) is 3. The molecular formula is C10H10O3S. The summed E-state index contributed by atoms with van der Waals surface area (Å²) in [5.74, 6) is 2.58. The lowest BCUT2D eigenvalue weighted by molar-refractivity contribution is 0.360. The van der Waals surface area contributed by atoms with Crippen molar-refractivity contribution in [3.63, 3.8) is 0 Å². The van der Waals surface area contributed by atoms with Gasteiger partial charge in [0.15, 0.2) is 9.84 Å². The van der Waals surface area contributed by atoms with E-state index in [4.69, 9.17) is 11.2 Å². The first-order chi connectivity index (χ1) is 6.55. The third-order valence-electron chi connectivity index (χ3n) is 1.56. The Morgan fingerprint density at radius 1 is 1.43 bits per heavy atom. The molecule has 0 saturated heterocycles. The standard InChI is InChI=1S/C10H10O3S/c1-3-8-13-9-6-4-5-7-10(9)14(2,11)12/h1,4-7H,8H2,2H3. The molecule has 0 aliphatic carbocycles. The smallest absolute Gasteiger partial charge is 0.179 e. The van der Waals surface area contributed by atoms with Crippen LogP contribution in [0.3, 0.4) is 0 Å². The van der Waals surface area contributed by atoms with Gasteiger partial charge in [0.25, 0.3) is 0 Å². The average molecular weight is 210 g/mol. The Labute approximate surface area is 83.6 Å². The molecule has 0 radical (unpaired) electrons. The molecule has 0 aliphatic heterocycles. The summed E-state index contributed by atoms with van der Waals surface area (Å²) >= 11 is 0. The first-order valence-corrected chi connectivity index (χ1v) is 5.80. The molecule has 0 heterocycles. The summed E-state index contributed by atoms with van der Waals surface area (Å²) in [6, 6.07) is 6.40. The van der Waals surface area contributed by atoms with Crippen molar-refractivity contribution in [2.45, 2.75) is 4.90 Å². The second-order valence-electron chi connectivity index (χ2n) is 2.71. The van der Waals surface area contributed by atoms with E-state index in [9.17, 15) is 8.42 Å². The lowest BCUT2D eigenvalue weighted by Gasteiger charge is -2.06. The van der Waals surface area contributed by atoms with E-state index in [-0.39, 0.29) is 11.5 Å². The van der Waals surface area contributed by atoms with Crippen molar-refractivity contribution in [3.8, 4) is 18.1 Å². The van der Waals surface area contributed by atoms with Crippen LogP contribution in [-0.4, -0.2) is 21.3 Å². The fourth-order valence-electron chi connectivity index (χ4n) is 0.995. The summed E-state index contributed by atoms with van der Waals surface area (Å²) in [6.07, 6.45) is 6.14. The number of para-hydroxylation sites is 1. The third kappa shape index (κ3) is 2.51. The van der Waals surface area contributed by atoms with Gasteiger partial charge in [-0.1, -0.05) is 18.1 Å². The highest BCUT2D eigenvalue weighted by Gasteiger charge is 2.12. The van der Waals surface area contributed by atoms with Crippen LogP contribution in [0.1, 0.15) is 0 Å². The molecule has 0 saturated carbocycles. The lowest BCUT2D eigenvalue weighted by atomic mass is 10.3. The summed E-state index contributed by atoms with van der Waals surface area (Å²) in [7, 11) is -3.26. The van der Waals surface area contributed by atoms with E-state index in [0.29, 0.717) is 5.75 Å². The van der Waals surface area contributed by atoms with Gasteiger partial charge in [-0.15, -0.1) is 6.42 Å². The van der Waals surface area contributed by atoms with Crippen molar-refractivity contribution in [2.24, 2.45) is 0 Å². The molecule has 0 bridgehead atoms. The van der Waals surface area contributed by atoms with E-state index in [1.165, 1.54) is 6.07 Å². The largest absolute Gasteiger partial charge is 0.480 e. The minimum Gasteiger partial charge on any atom is -0.480 e. The molecule has 0 unspecified atom stereocenters. The number of ether oxygens (including phenoxy) is 1. The SMILES string of the molecule is C#CCOc1ccccc1S(C)(=O)=O. The van der Waals surface area contributed by atoms with Gasteiger partial charge in [0.05, 0.1) is 0 Å². The maximum Gasteiger partial charge on any atom is 0.179 e. The molecule has 0 aromatic heterocycles. The average Bonchev–Trinajstić information content (AvgIpc) is 2.14. The van der Waals surface area contributed by atoms with E-state index in [0.717, 1.165) is 6.26 Å². The predicted octanol–water partition coefficient (Wildman–Crippen LogP) is 1.10. The Kier molecular flexibility index (Phi) is 3.15. The maximum absolute atomic E-state index is 11.3. The molecule has 0 amide bonds. The second-order valence-corrected chi connectivity index (χ2v) is 4.70. The maximum atomic E-state index is 11.3. The normalized spacial score (nSPS) is 10.6. The highest BCUT2D eigenvalue weighted by molar-refractivity contribution is 7.90. The summed E-state index contributed by atoms with van der Waals surface area (Å²) in [5.41, 5.74) is 0. The van der Waals surface area contributed by atoms with Crippen LogP contribution in [0.4, 0.5) is 0 Å². The van der Waals surface area contributed by atoms with E-state index in [1.807, 2.05) is 0 Å². The van der Waals surface area contributed by atoms with Gasteiger partial charge in [-0.25, -0.2) is 8.42 Å². The monoisotopic (exact) mass is 210 g/mol. The Hall–Kier alpha value is -1.47. The van der Waals surface area contributed by atoms with Crippen LogP contribution in [-0.2, 0) is 9.84 Å². The van der Waals surface area contributed by atoms with Crippen molar-refractivity contribution in [1.82, 2.24) is 0 Å². The Bertz CT molecular complexity index is 455. The summed E-state index contributed by atoms with van der Waals surface area (Å²) < 4.78 is 27.7. The number of terminal acetylenes is 1. The van der Waals surface area contributed by atoms with Crippen LogP contribution >= 0.6 is 0 Å². The predicted molar refractivity (Wildman–Crippen MR) is 53.9 cm³/mol. The van der Waals surface area contributed by atoms with Crippen molar-refractivity contribution in [3.05, 3.63) is 24.3 Å². The molecule has 0 N–H and O–H groups in total. The molecule has 3 nitrogen and oxygen atoms in total. The van der Waals surface area contributed by atoms with Gasteiger partial charge in [0, 0.05) is 6.26 Å². The third-order valence-corrected chi connectivity index (χ3v) is 2.70. The first-order valence-electron chi connectivity index (χ1n) is 3.91. The molecule has 14 heavy (non-hydrogen) atoms. The molecule has 0 atom stereocenters. The van der Waals surface area contributed by atoms with Crippen LogP contribution in [0.15, 0.2) is 29.2 Å². The van der Waals surface area contributed by atoms with Crippen molar-refractivity contribution in [1.29, 1.82) is 0 Å². The van der Waals surface area contributed by atoms with Crippen molar-refractivity contribution < 1.29 is 13.2 Å². The Morgan fingerprint density at radius 2 is 2.07 bits per heavy atom. The molecular weight excluding hydrogens is 200 g/mol. The number of hydrogen-bond donors (Lipinski definition) is 0. The molecule has 4 heteroatoms. The zero-order valence-corrected chi connectivity index (χ0v) is 8.54. The van der Waals surface area contributed by atoms with Gasteiger partial charge in [-0.05, 0) is 12.1 Å². The van der Waals surface area contributed by atoms with Crippen LogP contribution in [0.2, 0.25) is 0 Å². The molecule has 0 spiro atoms. The summed E-state index contributed by atoms with van der Waals surface area (Å²) in [4.78, 5) is 0.162. The van der Waals surface area contributed by atoms with Gasteiger partial charge in [-0.3, -0.25) is 0 Å². The van der Waals surface area contributed by atoms with Gasteiger partial charge in [0.2, 0.25) is 0 Å². The molecule has 0 aliphatic rings. The van der Waals surface area contributed by atoms with Gasteiger partial charge >= 0.3 is 0 Å². The summed E-state index contributed by atoms with van der Waals surface area (Å²) in [6.45, 7) is 0.0620. The zero-order valence-electron chi connectivity index (χ0n) is 7.73. The molecule has 0 fully saturated rings. The molecule has 1 aromatic carbocycles. The highest BCUT2D eigenvalue weighted by Crippen LogP contribution is 2.22. The second kappa shape index (κ2) is 4.16. The highest BCUT2D eigenvalue weighted by atomic mass is 32.2. The molecule has 1 rings (SSSR count). The first kappa shape index (κ1) is 10.6. The van der Waals surface area contributed by atoms with Crippen molar-refractivity contribution >= 4 is 9.84 Å². The van der Waals surface area contributed by atoms with Crippen LogP contribution in [0.5, 0.6) is 5.75 Å². The number of rotatable bonds is 3. The number of sulfone groups is 1. The summed E-state index contributed by atoms with van der Waals surface area (Å²) in [5, 5.41) is 0. The zero-order chi connectivity index (χ0) is 10.6. The minimum atomic E-state index is -3.26. The topological polar surface area (TPSA) is 43.4 Å².